The van der Waals surface area contributed by atoms with Gasteiger partial charge in [-0.1, -0.05) is 6.07 Å². The lowest BCUT2D eigenvalue weighted by molar-refractivity contribution is 1.10. The number of aromatic amines is 2. The van der Waals surface area contributed by atoms with Crippen molar-refractivity contribution in [3.05, 3.63) is 36.8 Å². The van der Waals surface area contributed by atoms with E-state index in [-0.39, 0.29) is 0 Å². The van der Waals surface area contributed by atoms with Gasteiger partial charge in [-0.05, 0) is 12.1 Å². The number of fused-ring (bicyclic) bond motifs is 1. The van der Waals surface area contributed by atoms with E-state index >= 15 is 0 Å². The predicted molar refractivity (Wildman–Crippen MR) is 52.5 cm³/mol. The summed E-state index contributed by atoms with van der Waals surface area (Å²) >= 11 is 0. The van der Waals surface area contributed by atoms with Crippen molar-refractivity contribution >= 4 is 11.0 Å². The van der Waals surface area contributed by atoms with Crippen molar-refractivity contribution in [1.82, 2.24) is 20.2 Å². The Hall–Kier alpha value is -2.10. The van der Waals surface area contributed by atoms with E-state index in [0.29, 0.717) is 0 Å². The molecule has 0 saturated heterocycles. The molecule has 14 heavy (non-hydrogen) atoms. The van der Waals surface area contributed by atoms with Gasteiger partial charge in [-0.25, -0.2) is 4.98 Å². The van der Waals surface area contributed by atoms with E-state index in [4.69, 9.17) is 0 Å². The number of hydrogen-bond acceptors (Lipinski definition) is 2. The molecule has 0 aliphatic rings. The van der Waals surface area contributed by atoms with Crippen LogP contribution in [0.15, 0.2) is 30.7 Å². The number of H-pyrrole nitrogens is 2. The summed E-state index contributed by atoms with van der Waals surface area (Å²) in [5.74, 6) is 0. The van der Waals surface area contributed by atoms with E-state index < -0.39 is 0 Å². The molecule has 3 rings (SSSR count). The molecule has 2 heterocycles. The van der Waals surface area contributed by atoms with Gasteiger partial charge in [-0.3, -0.25) is 5.10 Å². The maximum absolute atomic E-state index is 4.18. The van der Waals surface area contributed by atoms with Crippen LogP contribution in [0.3, 0.4) is 0 Å². The number of hydrogen-bond donors (Lipinski definition) is 2. The van der Waals surface area contributed by atoms with Crippen LogP contribution in [0.5, 0.6) is 0 Å². The van der Waals surface area contributed by atoms with Gasteiger partial charge in [0, 0.05) is 17.8 Å². The number of nitrogens with one attached hydrogen (secondary N) is 2. The minimum atomic E-state index is 0.815. The van der Waals surface area contributed by atoms with Crippen LogP contribution in [0.2, 0.25) is 0 Å². The maximum atomic E-state index is 4.18. The van der Waals surface area contributed by atoms with Crippen LogP contribution in [0.25, 0.3) is 22.3 Å². The lowest BCUT2D eigenvalue weighted by Crippen LogP contribution is -1.78. The van der Waals surface area contributed by atoms with Gasteiger partial charge in [0.2, 0.25) is 0 Å². The minimum absolute atomic E-state index is 0.815. The number of rotatable bonds is 1. The Labute approximate surface area is 80.0 Å². The van der Waals surface area contributed by atoms with Crippen molar-refractivity contribution < 1.29 is 0 Å². The van der Waals surface area contributed by atoms with Crippen LogP contribution in [0.4, 0.5) is 0 Å². The molecule has 0 unspecified atom stereocenters. The van der Waals surface area contributed by atoms with Gasteiger partial charge >= 0.3 is 0 Å². The summed E-state index contributed by atoms with van der Waals surface area (Å²) in [5.41, 5.74) is 3.81. The first kappa shape index (κ1) is 7.32. The summed E-state index contributed by atoms with van der Waals surface area (Å²) in [7, 11) is 0. The van der Waals surface area contributed by atoms with Gasteiger partial charge in [0.05, 0.1) is 17.4 Å². The van der Waals surface area contributed by atoms with Crippen molar-refractivity contribution in [2.24, 2.45) is 0 Å². The van der Waals surface area contributed by atoms with Crippen molar-refractivity contribution in [2.75, 3.05) is 0 Å². The smallest absolute Gasteiger partial charge is 0.100 e. The quantitative estimate of drug-likeness (QED) is 0.603. The fourth-order valence-electron chi connectivity index (χ4n) is 1.46. The second-order valence-electron chi connectivity index (χ2n) is 3.01. The van der Waals surface area contributed by atoms with E-state index in [1.807, 2.05) is 18.2 Å². The second kappa shape index (κ2) is 2.70. The van der Waals surface area contributed by atoms with E-state index in [0.717, 1.165) is 22.3 Å². The van der Waals surface area contributed by atoms with Crippen LogP contribution in [-0.2, 0) is 0 Å². The Morgan fingerprint density at radius 3 is 3.14 bits per heavy atom. The first-order valence-electron chi connectivity index (χ1n) is 4.28. The largest absolute Gasteiger partial charge is 0.345 e. The second-order valence-corrected chi connectivity index (χ2v) is 3.01. The maximum Gasteiger partial charge on any atom is 0.100 e. The summed E-state index contributed by atoms with van der Waals surface area (Å²) in [6, 6.07) is 8.97. The standard InChI is InChI=1S/C10H7N4/c1-2-9-10(12-6-11-9)5-7(1)8-3-4-13-14-8/h1-2,4-6H,(H,11,12)(H,13,14). The number of imidazole rings is 1. The summed E-state index contributed by atoms with van der Waals surface area (Å²) < 4.78 is 0. The topological polar surface area (TPSA) is 57.4 Å². The third-order valence-electron chi connectivity index (χ3n) is 2.14. The van der Waals surface area contributed by atoms with Crippen LogP contribution >= 0.6 is 0 Å². The SMILES string of the molecule is [c]1c[nH]nc1-c1ccc2[nH]cnc2c1. The van der Waals surface area contributed by atoms with Gasteiger partial charge in [-0.2, -0.15) is 5.10 Å². The highest BCUT2D eigenvalue weighted by Crippen LogP contribution is 2.19. The molecule has 3 aromatic rings. The monoisotopic (exact) mass is 183 g/mol. The first-order chi connectivity index (χ1) is 6.93. The molecular formula is C10H7N4. The summed E-state index contributed by atoms with van der Waals surface area (Å²) in [6.07, 6.45) is 3.37. The Balaban J connectivity index is 2.23. The lowest BCUT2D eigenvalue weighted by Gasteiger charge is -1.94. The van der Waals surface area contributed by atoms with E-state index in [1.165, 1.54) is 0 Å². The van der Waals surface area contributed by atoms with Gasteiger partial charge in [-0.15, -0.1) is 0 Å². The molecule has 67 valence electrons. The average molecular weight is 183 g/mol. The third kappa shape index (κ3) is 1.01. The Morgan fingerprint density at radius 1 is 1.29 bits per heavy atom. The molecule has 4 heteroatoms. The minimum Gasteiger partial charge on any atom is -0.345 e. The molecule has 0 spiro atoms. The van der Waals surface area contributed by atoms with Crippen LogP contribution in [-0.4, -0.2) is 20.2 Å². The van der Waals surface area contributed by atoms with Gasteiger partial charge in [0.15, 0.2) is 0 Å². The molecule has 0 saturated carbocycles. The van der Waals surface area contributed by atoms with Gasteiger partial charge < -0.3 is 4.98 Å². The van der Waals surface area contributed by atoms with Crippen molar-refractivity contribution in [3.63, 3.8) is 0 Å². The molecule has 4 nitrogen and oxygen atoms in total. The molecule has 2 N–H and O–H groups in total. The molecule has 0 amide bonds. The molecule has 0 aliphatic heterocycles. The normalized spacial score (nSPS) is 10.9. The average Bonchev–Trinajstić information content (AvgIpc) is 2.88. The highest BCUT2D eigenvalue weighted by Gasteiger charge is 2.02. The van der Waals surface area contributed by atoms with Crippen molar-refractivity contribution in [1.29, 1.82) is 0 Å². The summed E-state index contributed by atoms with van der Waals surface area (Å²) in [6.45, 7) is 0. The molecule has 1 radical (unpaired) electrons. The number of aromatic nitrogens is 4. The fourth-order valence-corrected chi connectivity index (χ4v) is 1.46. The summed E-state index contributed by atoms with van der Waals surface area (Å²) in [4.78, 5) is 7.22. The molecule has 1 aromatic carbocycles. The Bertz CT molecular complexity index is 550. The predicted octanol–water partition coefficient (Wildman–Crippen LogP) is 1.75. The highest BCUT2D eigenvalue weighted by atomic mass is 15.1. The highest BCUT2D eigenvalue weighted by molar-refractivity contribution is 5.80. The van der Waals surface area contributed by atoms with Crippen LogP contribution < -0.4 is 0 Å². The van der Waals surface area contributed by atoms with Crippen molar-refractivity contribution in [2.45, 2.75) is 0 Å². The fraction of sp³-hybridized carbons (Fsp3) is 0. The molecule has 0 aliphatic carbocycles. The molecular weight excluding hydrogens is 176 g/mol. The molecule has 0 atom stereocenters. The zero-order valence-electron chi connectivity index (χ0n) is 7.28. The first-order valence-corrected chi connectivity index (χ1v) is 4.28. The summed E-state index contributed by atoms with van der Waals surface area (Å²) in [5, 5.41) is 6.80. The molecule has 2 aromatic heterocycles. The van der Waals surface area contributed by atoms with Gasteiger partial charge in [0.25, 0.3) is 0 Å². The number of benzene rings is 1. The third-order valence-corrected chi connectivity index (χ3v) is 2.14. The Morgan fingerprint density at radius 2 is 2.29 bits per heavy atom. The Kier molecular flexibility index (Phi) is 1.41. The van der Waals surface area contributed by atoms with E-state index in [2.05, 4.69) is 26.2 Å². The van der Waals surface area contributed by atoms with E-state index in [1.54, 1.807) is 12.5 Å². The van der Waals surface area contributed by atoms with Crippen molar-refractivity contribution in [3.8, 4) is 11.3 Å². The van der Waals surface area contributed by atoms with E-state index in [9.17, 15) is 0 Å². The van der Waals surface area contributed by atoms with Gasteiger partial charge in [0.1, 0.15) is 5.69 Å². The zero-order chi connectivity index (χ0) is 9.38. The molecule has 0 fully saturated rings. The molecule has 0 bridgehead atoms. The van der Waals surface area contributed by atoms with Crippen LogP contribution in [0, 0.1) is 6.07 Å². The zero-order valence-corrected chi connectivity index (χ0v) is 7.28. The van der Waals surface area contributed by atoms with Crippen LogP contribution in [0.1, 0.15) is 0 Å². The number of nitrogens with zero attached hydrogens (tertiary/aromatic N) is 2. The lowest BCUT2D eigenvalue weighted by atomic mass is 10.1.